The number of halogens is 1. The Morgan fingerprint density at radius 2 is 1.23 bits per heavy atom. The Hall–Kier alpha value is -1.83. The fraction of sp³-hybridized carbons (Fsp3) is 0.429. The number of fused-ring (bicyclic) bond motifs is 2. The molecule has 1 aliphatic heterocycles. The monoisotopic (exact) mass is 421 g/mol. The van der Waals surface area contributed by atoms with Gasteiger partial charge < -0.3 is 4.90 Å². The lowest BCUT2D eigenvalue weighted by Gasteiger charge is -2.30. The van der Waals surface area contributed by atoms with E-state index in [1.54, 1.807) is 5.57 Å². The highest BCUT2D eigenvalue weighted by molar-refractivity contribution is 5.94. The number of likely N-dealkylation sites (tertiary alicyclic amines) is 1. The van der Waals surface area contributed by atoms with Gasteiger partial charge in [0.25, 0.3) is 0 Å². The molecular formula is C28H36ClN. The first kappa shape index (κ1) is 22.8. The summed E-state index contributed by atoms with van der Waals surface area (Å²) in [5.41, 5.74) is 8.66. The Morgan fingerprint density at radius 1 is 0.700 bits per heavy atom. The normalized spacial score (nSPS) is 15.9. The molecule has 1 saturated heterocycles. The lowest BCUT2D eigenvalue weighted by Crippen LogP contribution is -2.32. The van der Waals surface area contributed by atoms with Crippen molar-refractivity contribution in [3.63, 3.8) is 0 Å². The van der Waals surface area contributed by atoms with Crippen LogP contribution < -0.4 is 0 Å². The zero-order valence-corrected chi connectivity index (χ0v) is 19.2. The molecule has 0 spiro atoms. The van der Waals surface area contributed by atoms with Crippen LogP contribution in [0.5, 0.6) is 0 Å². The van der Waals surface area contributed by atoms with Crippen molar-refractivity contribution in [2.24, 2.45) is 0 Å². The molecule has 0 bridgehead atoms. The second-order valence-corrected chi connectivity index (χ2v) is 8.60. The van der Waals surface area contributed by atoms with Crippen molar-refractivity contribution in [1.82, 2.24) is 4.90 Å². The third-order valence-electron chi connectivity index (χ3n) is 6.54. The number of nitrogens with zero attached hydrogens (tertiary/aromatic N) is 1. The molecule has 0 radical (unpaired) electrons. The van der Waals surface area contributed by atoms with Gasteiger partial charge in [0.05, 0.1) is 0 Å². The zero-order valence-electron chi connectivity index (χ0n) is 18.4. The smallest absolute Gasteiger partial charge is 0.00190 e. The van der Waals surface area contributed by atoms with E-state index in [9.17, 15) is 0 Å². The summed E-state index contributed by atoms with van der Waals surface area (Å²) in [7, 11) is 0. The largest absolute Gasteiger partial charge is 0.303 e. The average molecular weight is 422 g/mol. The van der Waals surface area contributed by atoms with Crippen molar-refractivity contribution in [3.05, 3.63) is 76.4 Å². The van der Waals surface area contributed by atoms with Crippen LogP contribution in [0.15, 0.2) is 54.1 Å². The van der Waals surface area contributed by atoms with Gasteiger partial charge in [-0.15, -0.1) is 12.4 Å². The number of benzene rings is 2. The fourth-order valence-corrected chi connectivity index (χ4v) is 4.86. The van der Waals surface area contributed by atoms with Gasteiger partial charge in [-0.1, -0.05) is 105 Å². The molecule has 160 valence electrons. The molecule has 0 unspecified atom stereocenters. The van der Waals surface area contributed by atoms with Gasteiger partial charge in [-0.3, -0.25) is 0 Å². The Kier molecular flexibility index (Phi) is 8.78. The molecular weight excluding hydrogens is 386 g/mol. The topological polar surface area (TPSA) is 3.24 Å². The van der Waals surface area contributed by atoms with Crippen molar-refractivity contribution in [2.45, 2.75) is 58.3 Å². The summed E-state index contributed by atoms with van der Waals surface area (Å²) >= 11 is 0. The van der Waals surface area contributed by atoms with Crippen molar-refractivity contribution < 1.29 is 0 Å². The molecule has 0 amide bonds. The van der Waals surface area contributed by atoms with E-state index >= 15 is 0 Å². The first-order valence-corrected chi connectivity index (χ1v) is 11.7. The van der Waals surface area contributed by atoms with E-state index in [-0.39, 0.29) is 12.4 Å². The summed E-state index contributed by atoms with van der Waals surface area (Å²) in [6.45, 7) is 6.00. The standard InChI is InChI=1S/C28H35N.ClH/c1-2-3-4-5-6-11-20-29-21-18-25(19-22-29)28-26-14-9-7-12-23(26)16-17-24-13-8-10-15-27(24)28;/h7-10,12-17H,2-6,11,18-22H2,1H3;1H. The first-order chi connectivity index (χ1) is 14.4. The molecule has 1 heterocycles. The van der Waals surface area contributed by atoms with Crippen LogP contribution in [0.4, 0.5) is 0 Å². The summed E-state index contributed by atoms with van der Waals surface area (Å²) in [5, 5.41) is 0. The van der Waals surface area contributed by atoms with Gasteiger partial charge >= 0.3 is 0 Å². The molecule has 30 heavy (non-hydrogen) atoms. The highest BCUT2D eigenvalue weighted by atomic mass is 35.5. The Bertz CT molecular complexity index is 818. The van der Waals surface area contributed by atoms with Gasteiger partial charge in [0.2, 0.25) is 0 Å². The molecule has 2 aromatic carbocycles. The maximum atomic E-state index is 2.69. The summed E-state index contributed by atoms with van der Waals surface area (Å²) in [5.74, 6) is 0. The zero-order chi connectivity index (χ0) is 19.9. The SMILES string of the molecule is CCCCCCCCN1CCC(=C2c3ccccc3C=Cc3ccccc32)CC1.Cl. The molecule has 1 aliphatic carbocycles. The number of unbranched alkanes of at least 4 members (excludes halogenated alkanes) is 5. The van der Waals surface area contributed by atoms with E-state index in [0.29, 0.717) is 0 Å². The van der Waals surface area contributed by atoms with Gasteiger partial charge in [-0.05, 0) is 53.6 Å². The summed E-state index contributed by atoms with van der Waals surface area (Å²) < 4.78 is 0. The highest BCUT2D eigenvalue weighted by Crippen LogP contribution is 2.38. The number of hydrogen-bond acceptors (Lipinski definition) is 1. The fourth-order valence-electron chi connectivity index (χ4n) is 4.86. The van der Waals surface area contributed by atoms with Crippen LogP contribution in [-0.2, 0) is 0 Å². The quantitative estimate of drug-likeness (QED) is 0.351. The average Bonchev–Trinajstić information content (AvgIpc) is 2.94. The third-order valence-corrected chi connectivity index (χ3v) is 6.54. The van der Waals surface area contributed by atoms with E-state index in [0.717, 1.165) is 0 Å². The summed E-state index contributed by atoms with van der Waals surface area (Å²) in [4.78, 5) is 2.69. The van der Waals surface area contributed by atoms with E-state index in [2.05, 4.69) is 72.5 Å². The van der Waals surface area contributed by atoms with Gasteiger partial charge in [0, 0.05) is 13.1 Å². The van der Waals surface area contributed by atoms with Gasteiger partial charge in [-0.2, -0.15) is 0 Å². The van der Waals surface area contributed by atoms with Gasteiger partial charge in [0.1, 0.15) is 0 Å². The third kappa shape index (κ3) is 5.45. The van der Waals surface area contributed by atoms with Crippen LogP contribution in [-0.4, -0.2) is 24.5 Å². The molecule has 0 N–H and O–H groups in total. The minimum atomic E-state index is 0. The molecule has 0 aromatic heterocycles. The molecule has 0 atom stereocenters. The highest BCUT2D eigenvalue weighted by Gasteiger charge is 2.22. The molecule has 4 rings (SSSR count). The van der Waals surface area contributed by atoms with Crippen LogP contribution in [0.3, 0.4) is 0 Å². The van der Waals surface area contributed by atoms with E-state index in [4.69, 9.17) is 0 Å². The lowest BCUT2D eigenvalue weighted by molar-refractivity contribution is 0.251. The predicted molar refractivity (Wildman–Crippen MR) is 134 cm³/mol. The summed E-state index contributed by atoms with van der Waals surface area (Å²) in [6, 6.07) is 17.8. The molecule has 2 heteroatoms. The Balaban J connectivity index is 0.00000256. The van der Waals surface area contributed by atoms with Crippen LogP contribution in [0, 0.1) is 0 Å². The van der Waals surface area contributed by atoms with Crippen LogP contribution in [0.25, 0.3) is 17.7 Å². The molecule has 2 aromatic rings. The number of rotatable bonds is 7. The van der Waals surface area contributed by atoms with E-state index < -0.39 is 0 Å². The first-order valence-electron chi connectivity index (χ1n) is 11.7. The van der Waals surface area contributed by atoms with Crippen molar-refractivity contribution in [3.8, 4) is 0 Å². The second kappa shape index (κ2) is 11.5. The maximum Gasteiger partial charge on any atom is 0.00190 e. The summed E-state index contributed by atoms with van der Waals surface area (Å²) in [6.07, 6.45) is 15.3. The Morgan fingerprint density at radius 3 is 1.83 bits per heavy atom. The minimum Gasteiger partial charge on any atom is -0.303 e. The minimum absolute atomic E-state index is 0. The van der Waals surface area contributed by atoms with E-state index in [1.807, 2.05) is 0 Å². The lowest BCUT2D eigenvalue weighted by atomic mass is 9.86. The Labute approximate surface area is 189 Å². The number of hydrogen-bond donors (Lipinski definition) is 0. The second-order valence-electron chi connectivity index (χ2n) is 8.60. The van der Waals surface area contributed by atoms with E-state index in [1.165, 1.54) is 98.8 Å². The van der Waals surface area contributed by atoms with Crippen molar-refractivity contribution >= 4 is 30.1 Å². The van der Waals surface area contributed by atoms with Crippen LogP contribution in [0.2, 0.25) is 0 Å². The predicted octanol–water partition coefficient (Wildman–Crippen LogP) is 7.85. The molecule has 2 aliphatic rings. The maximum absolute atomic E-state index is 2.69. The van der Waals surface area contributed by atoms with Crippen molar-refractivity contribution in [2.75, 3.05) is 19.6 Å². The van der Waals surface area contributed by atoms with Crippen molar-refractivity contribution in [1.29, 1.82) is 0 Å². The molecule has 1 nitrogen and oxygen atoms in total. The molecule has 0 saturated carbocycles. The van der Waals surface area contributed by atoms with Crippen LogP contribution >= 0.6 is 12.4 Å². The van der Waals surface area contributed by atoms with Gasteiger partial charge in [0.15, 0.2) is 0 Å². The van der Waals surface area contributed by atoms with Gasteiger partial charge in [-0.25, -0.2) is 0 Å². The van der Waals surface area contributed by atoms with Crippen LogP contribution in [0.1, 0.15) is 80.5 Å². The number of piperidine rings is 1. The molecule has 1 fully saturated rings.